The zero-order valence-corrected chi connectivity index (χ0v) is 14.9. The summed E-state index contributed by atoms with van der Waals surface area (Å²) in [6, 6.07) is 7.80. The van der Waals surface area contributed by atoms with Crippen LogP contribution in [-0.4, -0.2) is 35.5 Å². The van der Waals surface area contributed by atoms with Crippen LogP contribution in [0.15, 0.2) is 35.4 Å². The Kier molecular flexibility index (Phi) is 5.52. The first-order valence-corrected chi connectivity index (χ1v) is 8.65. The maximum Gasteiger partial charge on any atom is 0.237 e. The van der Waals surface area contributed by atoms with Gasteiger partial charge < -0.3 is 9.64 Å². The molecule has 1 fully saturated rings. The molecule has 5 heteroatoms. The molecule has 0 radical (unpaired) electrons. The number of hydrogen-bond donors (Lipinski definition) is 0. The Balaban J connectivity index is 1.96. The number of rotatable bonds is 5. The van der Waals surface area contributed by atoms with E-state index in [1.165, 1.54) is 17.3 Å². The van der Waals surface area contributed by atoms with Crippen LogP contribution in [0.3, 0.4) is 0 Å². The fraction of sp³-hybridized carbons (Fsp3) is 0.444. The molecular weight excluding hydrogens is 310 g/mol. The van der Waals surface area contributed by atoms with Crippen molar-refractivity contribution in [1.29, 1.82) is 0 Å². The van der Waals surface area contributed by atoms with E-state index in [2.05, 4.69) is 0 Å². The third-order valence-electron chi connectivity index (χ3n) is 3.51. The van der Waals surface area contributed by atoms with Gasteiger partial charge in [0.05, 0.1) is 17.3 Å². The number of carbonyl (C=O) groups is 2. The lowest BCUT2D eigenvalue weighted by Crippen LogP contribution is -2.30. The third-order valence-corrected chi connectivity index (χ3v) is 4.53. The number of thioether (sulfide) groups is 1. The highest BCUT2D eigenvalue weighted by atomic mass is 32.2. The first kappa shape index (κ1) is 17.6. The number of ether oxygens (including phenoxy) is 1. The molecule has 0 spiro atoms. The molecule has 1 aromatic carbocycles. The SMILES string of the molecule is Cc1ccc(OCCN2C(=O)CS/C2=C\C(=O)C(C)(C)C)cc1. The van der Waals surface area contributed by atoms with Crippen LogP contribution in [0.4, 0.5) is 0 Å². The second-order valence-electron chi connectivity index (χ2n) is 6.59. The number of allylic oxidation sites excluding steroid dienone is 1. The Morgan fingerprint density at radius 1 is 1.30 bits per heavy atom. The van der Waals surface area contributed by atoms with Gasteiger partial charge in [0, 0.05) is 11.5 Å². The summed E-state index contributed by atoms with van der Waals surface area (Å²) in [7, 11) is 0. The number of benzene rings is 1. The van der Waals surface area contributed by atoms with Gasteiger partial charge in [-0.3, -0.25) is 9.59 Å². The van der Waals surface area contributed by atoms with Gasteiger partial charge >= 0.3 is 0 Å². The molecule has 0 atom stereocenters. The van der Waals surface area contributed by atoms with Crippen molar-refractivity contribution in [2.45, 2.75) is 27.7 Å². The molecule has 0 saturated carbocycles. The molecule has 124 valence electrons. The van der Waals surface area contributed by atoms with E-state index in [0.717, 1.165) is 10.8 Å². The van der Waals surface area contributed by atoms with Crippen molar-refractivity contribution in [2.24, 2.45) is 5.41 Å². The Labute approximate surface area is 141 Å². The summed E-state index contributed by atoms with van der Waals surface area (Å²) in [5, 5.41) is 0.724. The lowest BCUT2D eigenvalue weighted by molar-refractivity contribution is -0.125. The standard InChI is InChI=1S/C18H23NO3S/c1-13-5-7-14(8-6-13)22-10-9-19-16(21)12-23-17(19)11-15(20)18(2,3)4/h5-8,11H,9-10,12H2,1-4H3/b17-11-. The maximum absolute atomic E-state index is 12.1. The number of ketones is 1. The van der Waals surface area contributed by atoms with E-state index in [0.29, 0.717) is 18.9 Å². The molecule has 4 nitrogen and oxygen atoms in total. The molecule has 0 bridgehead atoms. The normalized spacial score (nSPS) is 17.0. The minimum Gasteiger partial charge on any atom is -0.492 e. The molecule has 1 amide bonds. The topological polar surface area (TPSA) is 46.6 Å². The number of aryl methyl sites for hydroxylation is 1. The highest BCUT2D eigenvalue weighted by molar-refractivity contribution is 8.04. The number of carbonyl (C=O) groups excluding carboxylic acids is 2. The Hall–Kier alpha value is -1.75. The Morgan fingerprint density at radius 3 is 2.57 bits per heavy atom. The fourth-order valence-electron chi connectivity index (χ4n) is 1.99. The molecule has 23 heavy (non-hydrogen) atoms. The van der Waals surface area contributed by atoms with Crippen molar-refractivity contribution >= 4 is 23.5 Å². The van der Waals surface area contributed by atoms with Gasteiger partial charge in [0.2, 0.25) is 5.91 Å². The number of amides is 1. The molecule has 1 aliphatic rings. The molecular formula is C18H23NO3S. The van der Waals surface area contributed by atoms with Crippen LogP contribution in [0, 0.1) is 12.3 Å². The van der Waals surface area contributed by atoms with Gasteiger partial charge in [0.1, 0.15) is 12.4 Å². The van der Waals surface area contributed by atoms with Crippen molar-refractivity contribution in [3.05, 3.63) is 40.9 Å². The average molecular weight is 333 g/mol. The summed E-state index contributed by atoms with van der Waals surface area (Å²) < 4.78 is 5.68. The molecule has 1 aliphatic heterocycles. The van der Waals surface area contributed by atoms with Gasteiger partial charge in [0.15, 0.2) is 5.78 Å². The van der Waals surface area contributed by atoms with Crippen molar-refractivity contribution < 1.29 is 14.3 Å². The second-order valence-corrected chi connectivity index (χ2v) is 7.59. The molecule has 1 saturated heterocycles. The summed E-state index contributed by atoms with van der Waals surface area (Å²) in [5.41, 5.74) is 0.734. The zero-order valence-electron chi connectivity index (χ0n) is 14.1. The quantitative estimate of drug-likeness (QED) is 0.775. The molecule has 0 unspecified atom stereocenters. The van der Waals surface area contributed by atoms with Crippen molar-refractivity contribution in [3.8, 4) is 5.75 Å². The summed E-state index contributed by atoms with van der Waals surface area (Å²) in [5.74, 6) is 1.22. The molecule has 2 rings (SSSR count). The van der Waals surface area contributed by atoms with Gasteiger partial charge in [-0.05, 0) is 19.1 Å². The van der Waals surface area contributed by atoms with Crippen molar-refractivity contribution in [1.82, 2.24) is 4.90 Å². The predicted octanol–water partition coefficient (Wildman–Crippen LogP) is 3.41. The van der Waals surface area contributed by atoms with Crippen LogP contribution in [0.1, 0.15) is 26.3 Å². The highest BCUT2D eigenvalue weighted by Gasteiger charge is 2.29. The molecule has 0 aromatic heterocycles. The number of nitrogens with zero attached hydrogens (tertiary/aromatic N) is 1. The van der Waals surface area contributed by atoms with Crippen LogP contribution in [-0.2, 0) is 9.59 Å². The predicted molar refractivity (Wildman–Crippen MR) is 93.4 cm³/mol. The van der Waals surface area contributed by atoms with Gasteiger partial charge in [-0.1, -0.05) is 50.2 Å². The van der Waals surface area contributed by atoms with Crippen LogP contribution >= 0.6 is 11.8 Å². The van der Waals surface area contributed by atoms with E-state index in [4.69, 9.17) is 4.74 Å². The van der Waals surface area contributed by atoms with Crippen molar-refractivity contribution in [3.63, 3.8) is 0 Å². The largest absolute Gasteiger partial charge is 0.492 e. The second kappa shape index (κ2) is 7.21. The first-order valence-electron chi connectivity index (χ1n) is 7.66. The minimum atomic E-state index is -0.441. The van der Waals surface area contributed by atoms with Gasteiger partial charge in [0.25, 0.3) is 0 Å². The smallest absolute Gasteiger partial charge is 0.237 e. The van der Waals surface area contributed by atoms with E-state index in [-0.39, 0.29) is 11.7 Å². The van der Waals surface area contributed by atoms with Crippen LogP contribution in [0.5, 0.6) is 5.75 Å². The van der Waals surface area contributed by atoms with Gasteiger partial charge in [-0.15, -0.1) is 0 Å². The molecule has 0 N–H and O–H groups in total. The van der Waals surface area contributed by atoms with Crippen LogP contribution in [0.2, 0.25) is 0 Å². The van der Waals surface area contributed by atoms with E-state index in [1.807, 2.05) is 52.0 Å². The maximum atomic E-state index is 12.1. The van der Waals surface area contributed by atoms with Gasteiger partial charge in [-0.2, -0.15) is 0 Å². The minimum absolute atomic E-state index is 0.0236. The highest BCUT2D eigenvalue weighted by Crippen LogP contribution is 2.30. The summed E-state index contributed by atoms with van der Waals surface area (Å²) in [6.45, 7) is 8.49. The average Bonchev–Trinajstić information content (AvgIpc) is 2.81. The fourth-order valence-corrected chi connectivity index (χ4v) is 2.95. The summed E-state index contributed by atoms with van der Waals surface area (Å²) in [4.78, 5) is 25.8. The first-order chi connectivity index (χ1) is 10.8. The van der Waals surface area contributed by atoms with Crippen LogP contribution in [0.25, 0.3) is 0 Å². The van der Waals surface area contributed by atoms with E-state index in [1.54, 1.807) is 11.0 Å². The molecule has 1 aromatic rings. The zero-order chi connectivity index (χ0) is 17.0. The van der Waals surface area contributed by atoms with E-state index >= 15 is 0 Å². The Bertz CT molecular complexity index is 614. The third kappa shape index (κ3) is 4.86. The van der Waals surface area contributed by atoms with Crippen LogP contribution < -0.4 is 4.74 Å². The van der Waals surface area contributed by atoms with E-state index in [9.17, 15) is 9.59 Å². The summed E-state index contributed by atoms with van der Waals surface area (Å²) >= 11 is 1.41. The molecule has 1 heterocycles. The number of hydrogen-bond acceptors (Lipinski definition) is 4. The van der Waals surface area contributed by atoms with Gasteiger partial charge in [-0.25, -0.2) is 0 Å². The lowest BCUT2D eigenvalue weighted by atomic mass is 9.91. The lowest BCUT2D eigenvalue weighted by Gasteiger charge is -2.19. The van der Waals surface area contributed by atoms with Crippen molar-refractivity contribution in [2.75, 3.05) is 18.9 Å². The monoisotopic (exact) mass is 333 g/mol. The Morgan fingerprint density at radius 2 is 1.96 bits per heavy atom. The summed E-state index contributed by atoms with van der Waals surface area (Å²) in [6.07, 6.45) is 1.58. The van der Waals surface area contributed by atoms with E-state index < -0.39 is 5.41 Å². The molecule has 0 aliphatic carbocycles.